The quantitative estimate of drug-likeness (QED) is 0.445. The molecular weight excluding hydrogens is 324 g/mol. The molecule has 0 aliphatic heterocycles. The Bertz CT molecular complexity index is 809. The molecule has 0 bridgehead atoms. The topological polar surface area (TPSA) is 0 Å². The summed E-state index contributed by atoms with van der Waals surface area (Å²) in [5, 5.41) is 0. The van der Waals surface area contributed by atoms with E-state index in [1.54, 1.807) is 39.7 Å². The molecule has 0 aromatic carbocycles. The molecule has 0 amide bonds. The minimum absolute atomic E-state index is 0.618. The Morgan fingerprint density at radius 2 is 1.18 bits per heavy atom. The van der Waals surface area contributed by atoms with E-state index in [0.29, 0.717) is 17.8 Å². The summed E-state index contributed by atoms with van der Waals surface area (Å²) < 4.78 is 6.29. The highest BCUT2D eigenvalue weighted by Crippen LogP contribution is 2.52. The number of rotatable bonds is 4. The third-order valence-corrected chi connectivity index (χ3v) is 8.85. The number of thiophene rings is 3. The van der Waals surface area contributed by atoms with Gasteiger partial charge in [0, 0.05) is 9.75 Å². The summed E-state index contributed by atoms with van der Waals surface area (Å²) in [6, 6.07) is 0. The summed E-state index contributed by atoms with van der Waals surface area (Å²) in [5.41, 5.74) is 3.24. The van der Waals surface area contributed by atoms with Crippen LogP contribution in [0.5, 0.6) is 0 Å². The van der Waals surface area contributed by atoms with E-state index in [1.165, 1.54) is 6.42 Å². The van der Waals surface area contributed by atoms with Gasteiger partial charge in [0.25, 0.3) is 0 Å². The van der Waals surface area contributed by atoms with Crippen LogP contribution in [0.3, 0.4) is 0 Å². The summed E-state index contributed by atoms with van der Waals surface area (Å²) >= 11 is 6.18. The van der Waals surface area contributed by atoms with Crippen LogP contribution in [0.1, 0.15) is 87.1 Å². The van der Waals surface area contributed by atoms with E-state index in [2.05, 4.69) is 82.5 Å². The lowest BCUT2D eigenvalue weighted by Crippen LogP contribution is -1.92. The maximum absolute atomic E-state index is 2.35. The molecule has 0 unspecified atom stereocenters. The highest BCUT2D eigenvalue weighted by Gasteiger charge is 2.25. The largest absolute Gasteiger partial charge is 0.138 e. The van der Waals surface area contributed by atoms with Gasteiger partial charge in [-0.3, -0.25) is 0 Å². The van der Waals surface area contributed by atoms with E-state index in [-0.39, 0.29) is 0 Å². The molecule has 3 rings (SSSR count). The minimum Gasteiger partial charge on any atom is -0.138 e. The van der Waals surface area contributed by atoms with Gasteiger partial charge in [-0.2, -0.15) is 0 Å². The third kappa shape index (κ3) is 2.37. The van der Waals surface area contributed by atoms with Crippen LogP contribution in [0.25, 0.3) is 18.8 Å². The van der Waals surface area contributed by atoms with Gasteiger partial charge in [0.05, 0.1) is 18.8 Å². The van der Waals surface area contributed by atoms with E-state index in [0.717, 1.165) is 0 Å². The van der Waals surface area contributed by atoms with Crippen molar-refractivity contribution < 1.29 is 0 Å². The number of fused-ring (bicyclic) bond motifs is 3. The molecule has 0 aliphatic rings. The number of aryl methyl sites for hydroxylation is 1. The fraction of sp³-hybridized carbons (Fsp3) is 0.579. The van der Waals surface area contributed by atoms with E-state index in [1.807, 2.05) is 0 Å². The predicted octanol–water partition coefficient (Wildman–Crippen LogP) is 8.11. The van der Waals surface area contributed by atoms with Crippen LogP contribution in [0.15, 0.2) is 0 Å². The van der Waals surface area contributed by atoms with Crippen molar-refractivity contribution in [2.24, 2.45) is 0 Å². The van der Waals surface area contributed by atoms with Gasteiger partial charge in [-0.05, 0) is 35.3 Å². The van der Waals surface area contributed by atoms with Crippen molar-refractivity contribution in [2.75, 3.05) is 0 Å². The van der Waals surface area contributed by atoms with Gasteiger partial charge in [-0.25, -0.2) is 0 Å². The zero-order valence-electron chi connectivity index (χ0n) is 14.7. The molecule has 0 saturated heterocycles. The van der Waals surface area contributed by atoms with Gasteiger partial charge in [-0.1, -0.05) is 48.5 Å². The van der Waals surface area contributed by atoms with Crippen LogP contribution in [0.4, 0.5) is 0 Å². The summed E-state index contributed by atoms with van der Waals surface area (Å²) in [4.78, 5) is 3.21. The van der Waals surface area contributed by atoms with Crippen molar-refractivity contribution in [3.05, 3.63) is 20.9 Å². The first-order chi connectivity index (χ1) is 10.4. The molecule has 0 N–H and O–H groups in total. The lowest BCUT2D eigenvalue weighted by molar-refractivity contribution is 0.816. The lowest BCUT2D eigenvalue weighted by atomic mass is 9.99. The first-order valence-electron chi connectivity index (χ1n) is 8.37. The molecule has 3 heteroatoms. The van der Waals surface area contributed by atoms with E-state index in [9.17, 15) is 0 Å². The maximum atomic E-state index is 2.35. The van der Waals surface area contributed by atoms with Crippen LogP contribution in [0.2, 0.25) is 0 Å². The molecule has 0 spiro atoms. The van der Waals surface area contributed by atoms with Crippen molar-refractivity contribution in [1.29, 1.82) is 0 Å². The van der Waals surface area contributed by atoms with Gasteiger partial charge in [-0.15, -0.1) is 34.0 Å². The standard InChI is InChI=1S/C19H26S3/c1-8-12-13(9(2)3)16-18(20-12)19-17(22-16)14(10(4)5)15(21-19)11(6)7/h9-11H,8H2,1-7H3. The smallest absolute Gasteiger partial charge is 0.0635 e. The Labute approximate surface area is 146 Å². The van der Waals surface area contributed by atoms with E-state index >= 15 is 0 Å². The Hall–Kier alpha value is -0.380. The average Bonchev–Trinajstić information content (AvgIpc) is 3.03. The number of hydrogen-bond donors (Lipinski definition) is 0. The molecule has 0 radical (unpaired) electrons. The summed E-state index contributed by atoms with van der Waals surface area (Å²) in [7, 11) is 0. The Kier molecular flexibility index (Phi) is 4.43. The zero-order chi connectivity index (χ0) is 16.2. The summed E-state index contributed by atoms with van der Waals surface area (Å²) in [6.45, 7) is 16.4. The number of hydrogen-bond acceptors (Lipinski definition) is 3. The fourth-order valence-corrected chi connectivity index (χ4v) is 8.41. The third-order valence-electron chi connectivity index (χ3n) is 4.32. The van der Waals surface area contributed by atoms with E-state index in [4.69, 9.17) is 0 Å². The molecule has 3 aromatic rings. The monoisotopic (exact) mass is 350 g/mol. The first-order valence-corrected chi connectivity index (χ1v) is 10.8. The van der Waals surface area contributed by atoms with Crippen molar-refractivity contribution in [2.45, 2.75) is 72.6 Å². The zero-order valence-corrected chi connectivity index (χ0v) is 17.1. The van der Waals surface area contributed by atoms with Crippen LogP contribution in [0, 0.1) is 0 Å². The molecule has 0 saturated carbocycles. The van der Waals surface area contributed by atoms with Gasteiger partial charge in [0.1, 0.15) is 0 Å². The lowest BCUT2D eigenvalue weighted by Gasteiger charge is -2.10. The van der Waals surface area contributed by atoms with Crippen molar-refractivity contribution in [1.82, 2.24) is 0 Å². The Morgan fingerprint density at radius 3 is 1.68 bits per heavy atom. The van der Waals surface area contributed by atoms with Crippen molar-refractivity contribution >= 4 is 52.8 Å². The van der Waals surface area contributed by atoms with E-state index < -0.39 is 0 Å². The van der Waals surface area contributed by atoms with Gasteiger partial charge in [0.2, 0.25) is 0 Å². The summed E-state index contributed by atoms with van der Waals surface area (Å²) in [5.74, 6) is 1.88. The second-order valence-corrected chi connectivity index (χ2v) is 10.2. The van der Waals surface area contributed by atoms with Crippen LogP contribution in [-0.4, -0.2) is 0 Å². The average molecular weight is 351 g/mol. The second kappa shape index (κ2) is 5.92. The molecule has 0 fully saturated rings. The molecular formula is C19H26S3. The highest BCUT2D eigenvalue weighted by molar-refractivity contribution is 7.39. The van der Waals surface area contributed by atoms with Gasteiger partial charge in [0.15, 0.2) is 0 Å². The van der Waals surface area contributed by atoms with Crippen LogP contribution < -0.4 is 0 Å². The Balaban J connectivity index is 2.39. The van der Waals surface area contributed by atoms with Crippen molar-refractivity contribution in [3.8, 4) is 0 Å². The Morgan fingerprint density at radius 1 is 0.636 bits per heavy atom. The molecule has 3 heterocycles. The van der Waals surface area contributed by atoms with Crippen LogP contribution in [-0.2, 0) is 6.42 Å². The molecule has 0 aliphatic carbocycles. The van der Waals surface area contributed by atoms with Gasteiger partial charge < -0.3 is 0 Å². The highest BCUT2D eigenvalue weighted by atomic mass is 32.1. The SMILES string of the molecule is CCc1sc2c(sc3c(C(C)C)c(C(C)C)sc32)c1C(C)C. The molecule has 0 atom stereocenters. The maximum Gasteiger partial charge on any atom is 0.0635 e. The predicted molar refractivity (Wildman–Crippen MR) is 107 cm³/mol. The fourth-order valence-electron chi connectivity index (χ4n) is 3.34. The molecule has 22 heavy (non-hydrogen) atoms. The second-order valence-electron chi connectivity index (χ2n) is 7.06. The molecule has 120 valence electrons. The molecule has 3 aromatic heterocycles. The van der Waals surface area contributed by atoms with Crippen LogP contribution >= 0.6 is 34.0 Å². The minimum atomic E-state index is 0.618. The van der Waals surface area contributed by atoms with Crippen molar-refractivity contribution in [3.63, 3.8) is 0 Å². The first kappa shape index (κ1) is 16.5. The van der Waals surface area contributed by atoms with Gasteiger partial charge >= 0.3 is 0 Å². The normalized spacial score (nSPS) is 12.8. The molecule has 0 nitrogen and oxygen atoms in total. The summed E-state index contributed by atoms with van der Waals surface area (Å²) in [6.07, 6.45) is 1.17.